The number of nitrogens with zero attached hydrogens (tertiary/aromatic N) is 3. The maximum Gasteiger partial charge on any atom is 0.0965 e. The minimum atomic E-state index is -0.0133. The van der Waals surface area contributed by atoms with Crippen LogP contribution >= 0.6 is 0 Å². The molecule has 4 nitrogen and oxygen atoms in total. The van der Waals surface area contributed by atoms with Crippen LogP contribution in [-0.2, 0) is 0 Å². The van der Waals surface area contributed by atoms with Crippen molar-refractivity contribution in [3.63, 3.8) is 0 Å². The van der Waals surface area contributed by atoms with Crippen molar-refractivity contribution < 1.29 is 0 Å². The topological polar surface area (TPSA) is 42.3 Å². The molecule has 0 heterocycles. The normalized spacial score (nSPS) is 14.9. The number of nitriles is 1. The molecule has 2 unspecified atom stereocenters. The van der Waals surface area contributed by atoms with Crippen LogP contribution in [0.4, 0.5) is 0 Å². The highest BCUT2D eigenvalue weighted by Gasteiger charge is 2.14. The van der Waals surface area contributed by atoms with Gasteiger partial charge in [-0.3, -0.25) is 4.90 Å². The second-order valence-electron chi connectivity index (χ2n) is 4.77. The van der Waals surface area contributed by atoms with Crippen molar-refractivity contribution in [3.8, 4) is 6.07 Å². The molecule has 0 aliphatic carbocycles. The molecule has 0 rings (SSSR count). The average Bonchev–Trinajstić information content (AvgIpc) is 2.27. The summed E-state index contributed by atoms with van der Waals surface area (Å²) in [4.78, 5) is 4.64. The quantitative estimate of drug-likeness (QED) is 0.656. The summed E-state index contributed by atoms with van der Waals surface area (Å²) in [6, 6.07) is 2.84. The molecular weight excluding hydrogens is 212 g/mol. The molecule has 0 aliphatic heterocycles. The number of likely N-dealkylation sites (N-methyl/N-ethyl adjacent to an activating group) is 2. The number of hydrogen-bond acceptors (Lipinski definition) is 4. The summed E-state index contributed by atoms with van der Waals surface area (Å²) in [6.07, 6.45) is 0.899. The van der Waals surface area contributed by atoms with Crippen molar-refractivity contribution in [1.82, 2.24) is 15.1 Å². The Bertz CT molecular complexity index is 222. The fourth-order valence-corrected chi connectivity index (χ4v) is 2.09. The lowest BCUT2D eigenvalue weighted by Crippen LogP contribution is -2.42. The molecule has 1 N–H and O–H groups in total. The number of hydrogen-bond donors (Lipinski definition) is 1. The molecule has 0 aromatic carbocycles. The molecule has 0 aliphatic rings. The molecule has 17 heavy (non-hydrogen) atoms. The third kappa shape index (κ3) is 7.32. The molecule has 0 saturated heterocycles. The van der Waals surface area contributed by atoms with Crippen LogP contribution in [0.2, 0.25) is 0 Å². The van der Waals surface area contributed by atoms with Crippen LogP contribution in [0, 0.1) is 11.3 Å². The van der Waals surface area contributed by atoms with E-state index in [9.17, 15) is 0 Å². The van der Waals surface area contributed by atoms with Gasteiger partial charge in [-0.2, -0.15) is 5.26 Å². The van der Waals surface area contributed by atoms with Crippen LogP contribution in [0.15, 0.2) is 0 Å². The number of nitrogens with one attached hydrogen (secondary N) is 1. The fourth-order valence-electron chi connectivity index (χ4n) is 2.09. The minimum absolute atomic E-state index is 0.0133. The maximum absolute atomic E-state index is 8.99. The van der Waals surface area contributed by atoms with Crippen LogP contribution < -0.4 is 5.32 Å². The van der Waals surface area contributed by atoms with Gasteiger partial charge in [-0.05, 0) is 40.5 Å². The van der Waals surface area contributed by atoms with Gasteiger partial charge in [0.15, 0.2) is 0 Å². The van der Waals surface area contributed by atoms with Crippen molar-refractivity contribution in [2.75, 3.05) is 40.3 Å². The van der Waals surface area contributed by atoms with Crippen molar-refractivity contribution >= 4 is 0 Å². The van der Waals surface area contributed by atoms with E-state index in [0.717, 1.165) is 32.6 Å². The van der Waals surface area contributed by atoms with E-state index < -0.39 is 0 Å². The lowest BCUT2D eigenvalue weighted by molar-refractivity contribution is 0.177. The van der Waals surface area contributed by atoms with Crippen molar-refractivity contribution in [1.29, 1.82) is 5.26 Å². The molecular formula is C13H28N4. The van der Waals surface area contributed by atoms with E-state index in [4.69, 9.17) is 5.26 Å². The maximum atomic E-state index is 8.99. The van der Waals surface area contributed by atoms with Crippen molar-refractivity contribution in [2.24, 2.45) is 0 Å². The second-order valence-corrected chi connectivity index (χ2v) is 4.77. The van der Waals surface area contributed by atoms with Crippen LogP contribution in [-0.4, -0.2) is 62.2 Å². The van der Waals surface area contributed by atoms with Gasteiger partial charge in [0.25, 0.3) is 0 Å². The van der Waals surface area contributed by atoms with Gasteiger partial charge in [-0.25, -0.2) is 0 Å². The van der Waals surface area contributed by atoms with E-state index in [2.05, 4.69) is 49.1 Å². The van der Waals surface area contributed by atoms with Gasteiger partial charge in [-0.1, -0.05) is 13.8 Å². The molecule has 2 atom stereocenters. The van der Waals surface area contributed by atoms with Gasteiger partial charge in [-0.15, -0.1) is 0 Å². The summed E-state index contributed by atoms with van der Waals surface area (Å²) >= 11 is 0. The molecule has 0 bridgehead atoms. The first-order chi connectivity index (χ1) is 8.04. The Morgan fingerprint density at radius 3 is 2.35 bits per heavy atom. The van der Waals surface area contributed by atoms with Crippen LogP contribution in [0.3, 0.4) is 0 Å². The van der Waals surface area contributed by atoms with Gasteiger partial charge in [0.05, 0.1) is 12.1 Å². The monoisotopic (exact) mass is 240 g/mol. The highest BCUT2D eigenvalue weighted by atomic mass is 15.2. The minimum Gasteiger partial charge on any atom is -0.308 e. The Morgan fingerprint density at radius 1 is 1.29 bits per heavy atom. The Morgan fingerprint density at radius 2 is 1.94 bits per heavy atom. The zero-order valence-electron chi connectivity index (χ0n) is 12.0. The molecule has 0 aromatic rings. The third-order valence-corrected chi connectivity index (χ3v) is 2.97. The summed E-state index contributed by atoms with van der Waals surface area (Å²) < 4.78 is 0. The van der Waals surface area contributed by atoms with E-state index in [1.54, 1.807) is 0 Å². The lowest BCUT2D eigenvalue weighted by atomic mass is 10.2. The molecule has 0 spiro atoms. The predicted octanol–water partition coefficient (Wildman–Crippen LogP) is 1.15. The van der Waals surface area contributed by atoms with Gasteiger partial charge >= 0.3 is 0 Å². The first kappa shape index (κ1) is 16.4. The predicted molar refractivity (Wildman–Crippen MR) is 73.0 cm³/mol. The SMILES string of the molecule is CCNC(C#N)CCN(CC)C(C)CN(C)C. The molecule has 0 saturated carbocycles. The lowest BCUT2D eigenvalue weighted by Gasteiger charge is -2.30. The zero-order valence-corrected chi connectivity index (χ0v) is 12.0. The summed E-state index contributed by atoms with van der Waals surface area (Å²) in [5, 5.41) is 12.2. The number of rotatable bonds is 9. The van der Waals surface area contributed by atoms with E-state index in [0.29, 0.717) is 6.04 Å². The first-order valence-corrected chi connectivity index (χ1v) is 6.56. The summed E-state index contributed by atoms with van der Waals surface area (Å²) in [5.41, 5.74) is 0. The Kier molecular flexibility index (Phi) is 9.06. The zero-order chi connectivity index (χ0) is 13.3. The molecule has 0 radical (unpaired) electrons. The smallest absolute Gasteiger partial charge is 0.0965 e. The fraction of sp³-hybridized carbons (Fsp3) is 0.923. The van der Waals surface area contributed by atoms with Gasteiger partial charge < -0.3 is 10.2 Å². The summed E-state index contributed by atoms with van der Waals surface area (Å²) in [5.74, 6) is 0. The Balaban J connectivity index is 4.08. The highest BCUT2D eigenvalue weighted by molar-refractivity contribution is 4.90. The standard InChI is InChI=1S/C13H28N4/c1-6-15-13(10-14)8-9-17(7-2)12(3)11-16(4)5/h12-13,15H,6-9,11H2,1-5H3. The molecule has 100 valence electrons. The largest absolute Gasteiger partial charge is 0.308 e. The van der Waals surface area contributed by atoms with Gasteiger partial charge in [0.2, 0.25) is 0 Å². The van der Waals surface area contributed by atoms with Crippen molar-refractivity contribution in [2.45, 2.75) is 39.3 Å². The molecule has 0 fully saturated rings. The van der Waals surface area contributed by atoms with E-state index in [1.807, 2.05) is 6.92 Å². The van der Waals surface area contributed by atoms with E-state index in [-0.39, 0.29) is 6.04 Å². The Hall–Kier alpha value is -0.630. The van der Waals surface area contributed by atoms with Crippen LogP contribution in [0.5, 0.6) is 0 Å². The average molecular weight is 240 g/mol. The van der Waals surface area contributed by atoms with Crippen LogP contribution in [0.1, 0.15) is 27.2 Å². The van der Waals surface area contributed by atoms with Crippen molar-refractivity contribution in [3.05, 3.63) is 0 Å². The Labute approximate surface area is 107 Å². The summed E-state index contributed by atoms with van der Waals surface area (Å²) in [6.45, 7) is 10.4. The summed E-state index contributed by atoms with van der Waals surface area (Å²) in [7, 11) is 4.20. The second kappa shape index (κ2) is 9.41. The van der Waals surface area contributed by atoms with E-state index >= 15 is 0 Å². The van der Waals surface area contributed by atoms with Gasteiger partial charge in [0, 0.05) is 19.1 Å². The molecule has 0 aromatic heterocycles. The van der Waals surface area contributed by atoms with Crippen LogP contribution in [0.25, 0.3) is 0 Å². The van der Waals surface area contributed by atoms with Gasteiger partial charge in [0.1, 0.15) is 0 Å². The molecule has 0 amide bonds. The first-order valence-electron chi connectivity index (χ1n) is 6.56. The highest BCUT2D eigenvalue weighted by Crippen LogP contribution is 2.03. The van der Waals surface area contributed by atoms with E-state index in [1.165, 1.54) is 0 Å². The third-order valence-electron chi connectivity index (χ3n) is 2.97. The molecule has 4 heteroatoms.